The van der Waals surface area contributed by atoms with Gasteiger partial charge in [0.2, 0.25) is 0 Å². The van der Waals surface area contributed by atoms with Crippen LogP contribution in [0.3, 0.4) is 0 Å². The first kappa shape index (κ1) is 14.3. The standard InChI is InChI=1S/C20H18O2/c1-15(21)13-19-18-10-6-5-9-17(18)11-12-20(19)22-14-16-7-3-2-4-8-16/h2-12H,13-14H2,1H3. The van der Waals surface area contributed by atoms with Gasteiger partial charge in [-0.2, -0.15) is 0 Å². The van der Waals surface area contributed by atoms with Gasteiger partial charge in [-0.05, 0) is 29.3 Å². The third-order valence-electron chi connectivity index (χ3n) is 3.66. The highest BCUT2D eigenvalue weighted by molar-refractivity contribution is 5.92. The average molecular weight is 290 g/mol. The van der Waals surface area contributed by atoms with E-state index >= 15 is 0 Å². The van der Waals surface area contributed by atoms with Crippen molar-refractivity contribution in [2.24, 2.45) is 0 Å². The molecule has 0 radical (unpaired) electrons. The van der Waals surface area contributed by atoms with E-state index < -0.39 is 0 Å². The summed E-state index contributed by atoms with van der Waals surface area (Å²) in [7, 11) is 0. The van der Waals surface area contributed by atoms with Crippen LogP contribution in [0.15, 0.2) is 66.7 Å². The van der Waals surface area contributed by atoms with Gasteiger partial charge in [-0.3, -0.25) is 4.79 Å². The fourth-order valence-corrected chi connectivity index (χ4v) is 2.62. The van der Waals surface area contributed by atoms with Crippen LogP contribution in [0.25, 0.3) is 10.8 Å². The SMILES string of the molecule is CC(=O)Cc1c(OCc2ccccc2)ccc2ccccc12. The van der Waals surface area contributed by atoms with E-state index in [1.165, 1.54) is 0 Å². The van der Waals surface area contributed by atoms with Crippen LogP contribution in [-0.2, 0) is 17.8 Å². The fraction of sp³-hybridized carbons (Fsp3) is 0.150. The molecule has 3 aromatic rings. The van der Waals surface area contributed by atoms with Crippen LogP contribution in [0.2, 0.25) is 0 Å². The van der Waals surface area contributed by atoms with E-state index in [9.17, 15) is 4.79 Å². The molecule has 0 atom stereocenters. The lowest BCUT2D eigenvalue weighted by Gasteiger charge is -2.13. The summed E-state index contributed by atoms with van der Waals surface area (Å²) < 4.78 is 5.98. The van der Waals surface area contributed by atoms with Crippen LogP contribution in [0.1, 0.15) is 18.1 Å². The Balaban J connectivity index is 1.95. The maximum atomic E-state index is 11.6. The molecular formula is C20H18O2. The second-order valence-electron chi connectivity index (χ2n) is 5.42. The van der Waals surface area contributed by atoms with Gasteiger partial charge >= 0.3 is 0 Å². The molecule has 0 amide bonds. The van der Waals surface area contributed by atoms with Crippen molar-refractivity contribution in [3.63, 3.8) is 0 Å². The van der Waals surface area contributed by atoms with Crippen molar-refractivity contribution in [1.82, 2.24) is 0 Å². The molecule has 0 N–H and O–H groups in total. The van der Waals surface area contributed by atoms with Crippen molar-refractivity contribution in [1.29, 1.82) is 0 Å². The predicted octanol–water partition coefficient (Wildman–Crippen LogP) is 4.55. The molecule has 0 aliphatic rings. The van der Waals surface area contributed by atoms with E-state index in [0.29, 0.717) is 13.0 Å². The first-order chi connectivity index (χ1) is 10.7. The third kappa shape index (κ3) is 3.17. The number of ketones is 1. The van der Waals surface area contributed by atoms with Crippen LogP contribution in [0.4, 0.5) is 0 Å². The molecule has 0 heterocycles. The van der Waals surface area contributed by atoms with Crippen molar-refractivity contribution < 1.29 is 9.53 Å². The fourth-order valence-electron chi connectivity index (χ4n) is 2.62. The molecular weight excluding hydrogens is 272 g/mol. The molecule has 110 valence electrons. The molecule has 0 bridgehead atoms. The van der Waals surface area contributed by atoms with Gasteiger partial charge in [-0.1, -0.05) is 60.7 Å². The Hall–Kier alpha value is -2.61. The molecule has 0 aliphatic heterocycles. The number of carbonyl (C=O) groups excluding carboxylic acids is 1. The summed E-state index contributed by atoms with van der Waals surface area (Å²) in [6.45, 7) is 2.12. The minimum Gasteiger partial charge on any atom is -0.489 e. The molecule has 0 aliphatic carbocycles. The molecule has 0 saturated heterocycles. The van der Waals surface area contributed by atoms with Gasteiger partial charge in [0.05, 0.1) is 0 Å². The van der Waals surface area contributed by atoms with Crippen molar-refractivity contribution in [2.75, 3.05) is 0 Å². The highest BCUT2D eigenvalue weighted by Gasteiger charge is 2.11. The molecule has 0 unspecified atom stereocenters. The van der Waals surface area contributed by atoms with Crippen LogP contribution in [-0.4, -0.2) is 5.78 Å². The van der Waals surface area contributed by atoms with E-state index in [1.807, 2.05) is 60.7 Å². The Labute approximate surface area is 130 Å². The van der Waals surface area contributed by atoms with Gasteiger partial charge in [-0.15, -0.1) is 0 Å². The quantitative estimate of drug-likeness (QED) is 0.689. The molecule has 22 heavy (non-hydrogen) atoms. The number of fused-ring (bicyclic) bond motifs is 1. The third-order valence-corrected chi connectivity index (χ3v) is 3.66. The Kier molecular flexibility index (Phi) is 4.19. The van der Waals surface area contributed by atoms with Gasteiger partial charge in [0.1, 0.15) is 18.1 Å². The summed E-state index contributed by atoms with van der Waals surface area (Å²) in [6, 6.07) is 22.1. The van der Waals surface area contributed by atoms with Crippen molar-refractivity contribution in [3.8, 4) is 5.75 Å². The molecule has 2 nitrogen and oxygen atoms in total. The van der Waals surface area contributed by atoms with E-state index in [2.05, 4.69) is 6.07 Å². The number of Topliss-reactive ketones (excluding diaryl/α,β-unsaturated/α-hetero) is 1. The van der Waals surface area contributed by atoms with E-state index in [-0.39, 0.29) is 5.78 Å². The predicted molar refractivity (Wildman–Crippen MR) is 89.1 cm³/mol. The van der Waals surface area contributed by atoms with Crippen LogP contribution in [0, 0.1) is 0 Å². The maximum absolute atomic E-state index is 11.6. The Morgan fingerprint density at radius 3 is 2.41 bits per heavy atom. The first-order valence-corrected chi connectivity index (χ1v) is 7.41. The first-order valence-electron chi connectivity index (χ1n) is 7.41. The van der Waals surface area contributed by atoms with Crippen molar-refractivity contribution in [3.05, 3.63) is 77.9 Å². The average Bonchev–Trinajstić information content (AvgIpc) is 2.54. The normalized spacial score (nSPS) is 10.6. The van der Waals surface area contributed by atoms with E-state index in [1.54, 1.807) is 6.92 Å². The van der Waals surface area contributed by atoms with Gasteiger partial charge < -0.3 is 4.74 Å². The number of hydrogen-bond donors (Lipinski definition) is 0. The highest BCUT2D eigenvalue weighted by Crippen LogP contribution is 2.29. The molecule has 0 fully saturated rings. The lowest BCUT2D eigenvalue weighted by molar-refractivity contribution is -0.116. The number of carbonyl (C=O) groups is 1. The second kappa shape index (κ2) is 6.44. The summed E-state index contributed by atoms with van der Waals surface area (Å²) >= 11 is 0. The minimum atomic E-state index is 0.140. The zero-order valence-electron chi connectivity index (χ0n) is 12.6. The van der Waals surface area contributed by atoms with Crippen molar-refractivity contribution >= 4 is 16.6 Å². The Morgan fingerprint density at radius 1 is 0.909 bits per heavy atom. The molecule has 0 aromatic heterocycles. The van der Waals surface area contributed by atoms with Gasteiger partial charge in [0.25, 0.3) is 0 Å². The van der Waals surface area contributed by atoms with E-state index in [0.717, 1.165) is 27.6 Å². The number of rotatable bonds is 5. The zero-order chi connectivity index (χ0) is 15.4. The van der Waals surface area contributed by atoms with Crippen molar-refractivity contribution in [2.45, 2.75) is 20.0 Å². The van der Waals surface area contributed by atoms with Crippen LogP contribution < -0.4 is 4.74 Å². The smallest absolute Gasteiger partial charge is 0.134 e. The number of ether oxygens (including phenoxy) is 1. The maximum Gasteiger partial charge on any atom is 0.134 e. The summed E-state index contributed by atoms with van der Waals surface area (Å²) in [5.41, 5.74) is 2.09. The second-order valence-corrected chi connectivity index (χ2v) is 5.42. The van der Waals surface area contributed by atoms with Gasteiger partial charge in [-0.25, -0.2) is 0 Å². The summed E-state index contributed by atoms with van der Waals surface area (Å²) in [6.07, 6.45) is 0.394. The molecule has 0 saturated carbocycles. The largest absolute Gasteiger partial charge is 0.489 e. The van der Waals surface area contributed by atoms with Crippen LogP contribution >= 0.6 is 0 Å². The topological polar surface area (TPSA) is 26.3 Å². The molecule has 3 aromatic carbocycles. The summed E-state index contributed by atoms with van der Waals surface area (Å²) in [5, 5.41) is 2.22. The van der Waals surface area contributed by atoms with Gasteiger partial charge in [0.15, 0.2) is 0 Å². The van der Waals surface area contributed by atoms with Crippen LogP contribution in [0.5, 0.6) is 5.75 Å². The Morgan fingerprint density at radius 2 is 1.64 bits per heavy atom. The number of benzene rings is 3. The number of hydrogen-bond acceptors (Lipinski definition) is 2. The highest BCUT2D eigenvalue weighted by atomic mass is 16.5. The lowest BCUT2D eigenvalue weighted by Crippen LogP contribution is -2.03. The van der Waals surface area contributed by atoms with Gasteiger partial charge in [0, 0.05) is 12.0 Å². The lowest BCUT2D eigenvalue weighted by atomic mass is 9.99. The zero-order valence-corrected chi connectivity index (χ0v) is 12.6. The monoisotopic (exact) mass is 290 g/mol. The minimum absolute atomic E-state index is 0.140. The molecule has 0 spiro atoms. The summed E-state index contributed by atoms with van der Waals surface area (Å²) in [5.74, 6) is 0.929. The van der Waals surface area contributed by atoms with E-state index in [4.69, 9.17) is 4.74 Å². The Bertz CT molecular complexity index is 791. The molecule has 3 rings (SSSR count). The summed E-state index contributed by atoms with van der Waals surface area (Å²) in [4.78, 5) is 11.6. The molecule has 2 heteroatoms.